The molecule has 1 aliphatic rings. The summed E-state index contributed by atoms with van der Waals surface area (Å²) in [6.07, 6.45) is 0.850. The number of hydrogen-bond donors (Lipinski definition) is 2. The van der Waals surface area contributed by atoms with Crippen LogP contribution in [0.4, 0.5) is 0 Å². The fourth-order valence-corrected chi connectivity index (χ4v) is 2.44. The van der Waals surface area contributed by atoms with Crippen LogP contribution >= 0.6 is 0 Å². The minimum Gasteiger partial charge on any atom is -0.480 e. The van der Waals surface area contributed by atoms with Gasteiger partial charge in [-0.05, 0) is 12.0 Å². The first-order valence-electron chi connectivity index (χ1n) is 5.57. The van der Waals surface area contributed by atoms with Crippen molar-refractivity contribution in [3.63, 3.8) is 0 Å². The average molecular weight is 233 g/mol. The van der Waals surface area contributed by atoms with Crippen LogP contribution in [0.2, 0.25) is 0 Å². The SMILES string of the molecule is CC1(Cc2ccccc2)CC(=O)NC1C(=O)O. The Hall–Kier alpha value is -1.84. The topological polar surface area (TPSA) is 66.4 Å². The van der Waals surface area contributed by atoms with Crippen LogP contribution in [0.3, 0.4) is 0 Å². The molecule has 0 aliphatic carbocycles. The molecule has 1 fully saturated rings. The van der Waals surface area contributed by atoms with Crippen LogP contribution in [0.15, 0.2) is 30.3 Å². The number of benzene rings is 1. The van der Waals surface area contributed by atoms with Crippen molar-refractivity contribution in [3.05, 3.63) is 35.9 Å². The van der Waals surface area contributed by atoms with E-state index in [2.05, 4.69) is 5.32 Å². The van der Waals surface area contributed by atoms with E-state index in [4.69, 9.17) is 5.11 Å². The first-order valence-corrected chi connectivity index (χ1v) is 5.57. The van der Waals surface area contributed by atoms with Gasteiger partial charge in [-0.15, -0.1) is 0 Å². The highest BCUT2D eigenvalue weighted by Gasteiger charge is 2.47. The van der Waals surface area contributed by atoms with Crippen molar-refractivity contribution in [1.29, 1.82) is 0 Å². The minimum atomic E-state index is -0.964. The standard InChI is InChI=1S/C13H15NO3/c1-13(7-9-5-3-2-4-6-9)8-10(15)14-11(13)12(16)17/h2-6,11H,7-8H2,1H3,(H,14,15)(H,16,17). The maximum atomic E-state index is 11.4. The Morgan fingerprint density at radius 2 is 2.12 bits per heavy atom. The molecule has 90 valence electrons. The van der Waals surface area contributed by atoms with Crippen molar-refractivity contribution in [2.45, 2.75) is 25.8 Å². The number of carboxylic acids is 1. The van der Waals surface area contributed by atoms with Crippen molar-refractivity contribution in [2.75, 3.05) is 0 Å². The van der Waals surface area contributed by atoms with Crippen LogP contribution < -0.4 is 5.32 Å². The highest BCUT2D eigenvalue weighted by Crippen LogP contribution is 2.35. The van der Waals surface area contributed by atoms with E-state index in [1.54, 1.807) is 0 Å². The van der Waals surface area contributed by atoms with Gasteiger partial charge < -0.3 is 10.4 Å². The molecule has 0 saturated carbocycles. The maximum Gasteiger partial charge on any atom is 0.326 e. The van der Waals surface area contributed by atoms with Crippen LogP contribution in [0.5, 0.6) is 0 Å². The molecule has 0 bridgehead atoms. The number of nitrogens with one attached hydrogen (secondary N) is 1. The lowest BCUT2D eigenvalue weighted by molar-refractivity contribution is -0.142. The zero-order valence-corrected chi connectivity index (χ0v) is 9.64. The van der Waals surface area contributed by atoms with Gasteiger partial charge in [0, 0.05) is 11.8 Å². The second-order valence-electron chi connectivity index (χ2n) is 4.83. The summed E-state index contributed by atoms with van der Waals surface area (Å²) in [6.45, 7) is 1.84. The third-order valence-corrected chi connectivity index (χ3v) is 3.26. The van der Waals surface area contributed by atoms with Crippen molar-refractivity contribution in [2.24, 2.45) is 5.41 Å². The van der Waals surface area contributed by atoms with Crippen LogP contribution in [-0.2, 0) is 16.0 Å². The molecular weight excluding hydrogens is 218 g/mol. The molecule has 1 heterocycles. The number of rotatable bonds is 3. The lowest BCUT2D eigenvalue weighted by atomic mass is 9.77. The fourth-order valence-electron chi connectivity index (χ4n) is 2.44. The molecule has 4 heteroatoms. The van der Waals surface area contributed by atoms with Gasteiger partial charge in [0.1, 0.15) is 6.04 Å². The van der Waals surface area contributed by atoms with Crippen LogP contribution in [-0.4, -0.2) is 23.0 Å². The van der Waals surface area contributed by atoms with E-state index in [0.29, 0.717) is 6.42 Å². The average Bonchev–Trinajstić information content (AvgIpc) is 2.55. The van der Waals surface area contributed by atoms with E-state index in [9.17, 15) is 9.59 Å². The summed E-state index contributed by atoms with van der Waals surface area (Å²) in [5, 5.41) is 11.7. The highest BCUT2D eigenvalue weighted by atomic mass is 16.4. The van der Waals surface area contributed by atoms with Gasteiger partial charge in [0.05, 0.1) is 0 Å². The van der Waals surface area contributed by atoms with E-state index in [-0.39, 0.29) is 12.3 Å². The first-order chi connectivity index (χ1) is 8.01. The third-order valence-electron chi connectivity index (χ3n) is 3.26. The van der Waals surface area contributed by atoms with Gasteiger partial charge in [0.25, 0.3) is 0 Å². The van der Waals surface area contributed by atoms with Crippen molar-refractivity contribution >= 4 is 11.9 Å². The summed E-state index contributed by atoms with van der Waals surface area (Å²) >= 11 is 0. The second kappa shape index (κ2) is 4.20. The van der Waals surface area contributed by atoms with Crippen LogP contribution in [0.1, 0.15) is 18.9 Å². The molecular formula is C13H15NO3. The zero-order valence-electron chi connectivity index (χ0n) is 9.64. The normalized spacial score (nSPS) is 27.8. The number of carboxylic acid groups (broad SMARTS) is 1. The van der Waals surface area contributed by atoms with Gasteiger partial charge in [-0.2, -0.15) is 0 Å². The van der Waals surface area contributed by atoms with Gasteiger partial charge in [0.15, 0.2) is 0 Å². The number of amides is 1. The Bertz CT molecular complexity index is 443. The molecule has 1 aliphatic heterocycles. The molecule has 0 spiro atoms. The number of carbonyl (C=O) groups is 2. The van der Waals surface area contributed by atoms with Gasteiger partial charge in [0.2, 0.25) is 5.91 Å². The third kappa shape index (κ3) is 2.30. The number of carbonyl (C=O) groups excluding carboxylic acids is 1. The van der Waals surface area contributed by atoms with Gasteiger partial charge >= 0.3 is 5.97 Å². The van der Waals surface area contributed by atoms with Gasteiger partial charge in [-0.3, -0.25) is 4.79 Å². The molecule has 2 unspecified atom stereocenters. The largest absolute Gasteiger partial charge is 0.480 e. The predicted octanol–water partition coefficient (Wildman–Crippen LogP) is 1.21. The Morgan fingerprint density at radius 1 is 1.47 bits per heavy atom. The minimum absolute atomic E-state index is 0.184. The van der Waals surface area contributed by atoms with Crippen LogP contribution in [0, 0.1) is 5.41 Å². The van der Waals surface area contributed by atoms with E-state index < -0.39 is 17.4 Å². The van der Waals surface area contributed by atoms with Gasteiger partial charge in [-0.25, -0.2) is 4.79 Å². The fraction of sp³-hybridized carbons (Fsp3) is 0.385. The Balaban J connectivity index is 2.23. The lowest BCUT2D eigenvalue weighted by Crippen LogP contribution is -2.43. The molecule has 17 heavy (non-hydrogen) atoms. The summed E-state index contributed by atoms with van der Waals surface area (Å²) in [5.41, 5.74) is 0.502. The molecule has 1 amide bonds. The van der Waals surface area contributed by atoms with Crippen molar-refractivity contribution in [3.8, 4) is 0 Å². The van der Waals surface area contributed by atoms with E-state index in [1.807, 2.05) is 37.3 Å². The zero-order chi connectivity index (χ0) is 12.5. The predicted molar refractivity (Wildman–Crippen MR) is 62.4 cm³/mol. The second-order valence-corrected chi connectivity index (χ2v) is 4.83. The molecule has 4 nitrogen and oxygen atoms in total. The summed E-state index contributed by atoms with van der Waals surface area (Å²) < 4.78 is 0. The molecule has 0 aromatic heterocycles. The first kappa shape index (κ1) is 11.6. The number of aliphatic carboxylic acids is 1. The Kier molecular flexibility index (Phi) is 2.88. The lowest BCUT2D eigenvalue weighted by Gasteiger charge is -2.27. The van der Waals surface area contributed by atoms with Crippen molar-refractivity contribution in [1.82, 2.24) is 5.32 Å². The van der Waals surface area contributed by atoms with Crippen LogP contribution in [0.25, 0.3) is 0 Å². The maximum absolute atomic E-state index is 11.4. The molecule has 0 radical (unpaired) electrons. The summed E-state index contributed by atoms with van der Waals surface area (Å²) in [7, 11) is 0. The summed E-state index contributed by atoms with van der Waals surface area (Å²) in [6, 6.07) is 8.85. The molecule has 1 aromatic rings. The summed E-state index contributed by atoms with van der Waals surface area (Å²) in [4.78, 5) is 22.5. The van der Waals surface area contributed by atoms with E-state index in [1.165, 1.54) is 0 Å². The van der Waals surface area contributed by atoms with E-state index in [0.717, 1.165) is 5.56 Å². The van der Waals surface area contributed by atoms with E-state index >= 15 is 0 Å². The van der Waals surface area contributed by atoms with Crippen molar-refractivity contribution < 1.29 is 14.7 Å². The molecule has 2 N–H and O–H groups in total. The monoisotopic (exact) mass is 233 g/mol. The van der Waals surface area contributed by atoms with Gasteiger partial charge in [-0.1, -0.05) is 37.3 Å². The Morgan fingerprint density at radius 3 is 2.71 bits per heavy atom. The molecule has 2 atom stereocenters. The molecule has 1 aromatic carbocycles. The summed E-state index contributed by atoms with van der Waals surface area (Å²) in [5.74, 6) is -1.15. The number of hydrogen-bond acceptors (Lipinski definition) is 2. The smallest absolute Gasteiger partial charge is 0.326 e. The molecule has 2 rings (SSSR count). The quantitative estimate of drug-likeness (QED) is 0.824. The molecule has 1 saturated heterocycles. The Labute approximate surface area is 99.6 Å². The highest BCUT2D eigenvalue weighted by molar-refractivity contribution is 5.89.